The summed E-state index contributed by atoms with van der Waals surface area (Å²) < 4.78 is 5.08. The van der Waals surface area contributed by atoms with Crippen molar-refractivity contribution in [1.29, 1.82) is 0 Å². The highest BCUT2D eigenvalue weighted by molar-refractivity contribution is 4.94. The van der Waals surface area contributed by atoms with Crippen molar-refractivity contribution in [3.05, 3.63) is 0 Å². The van der Waals surface area contributed by atoms with Gasteiger partial charge in [-0.05, 0) is 39.3 Å². The van der Waals surface area contributed by atoms with Crippen molar-refractivity contribution in [1.82, 2.24) is 4.90 Å². The van der Waals surface area contributed by atoms with Crippen LogP contribution in [0.3, 0.4) is 0 Å². The molecule has 0 radical (unpaired) electrons. The Morgan fingerprint density at radius 1 is 1.25 bits per heavy atom. The van der Waals surface area contributed by atoms with Crippen LogP contribution in [0.2, 0.25) is 0 Å². The van der Waals surface area contributed by atoms with Crippen LogP contribution in [-0.4, -0.2) is 49.5 Å². The van der Waals surface area contributed by atoms with E-state index >= 15 is 0 Å². The third kappa shape index (κ3) is 3.44. The van der Waals surface area contributed by atoms with E-state index in [9.17, 15) is 5.11 Å². The smallest absolute Gasteiger partial charge is 0.0749 e. The van der Waals surface area contributed by atoms with E-state index < -0.39 is 0 Å². The van der Waals surface area contributed by atoms with E-state index in [-0.39, 0.29) is 17.6 Å². The molecular formula is C13H29NO2. The van der Waals surface area contributed by atoms with Crippen molar-refractivity contribution < 1.29 is 9.84 Å². The fraction of sp³-hybridized carbons (Fsp3) is 1.00. The second-order valence-corrected chi connectivity index (χ2v) is 4.91. The van der Waals surface area contributed by atoms with Gasteiger partial charge in [0.25, 0.3) is 0 Å². The summed E-state index contributed by atoms with van der Waals surface area (Å²) in [5.74, 6) is 0.266. The van der Waals surface area contributed by atoms with Gasteiger partial charge in [-0.25, -0.2) is 0 Å². The van der Waals surface area contributed by atoms with Crippen LogP contribution < -0.4 is 0 Å². The highest BCUT2D eigenvalue weighted by atomic mass is 16.5. The number of hydrogen-bond donors (Lipinski definition) is 1. The summed E-state index contributed by atoms with van der Waals surface area (Å²) in [5, 5.41) is 10.5. The minimum absolute atomic E-state index is 0.104. The van der Waals surface area contributed by atoms with Crippen molar-refractivity contribution in [3.8, 4) is 0 Å². The van der Waals surface area contributed by atoms with E-state index in [1.165, 1.54) is 0 Å². The Morgan fingerprint density at radius 3 is 2.06 bits per heavy atom. The summed E-state index contributed by atoms with van der Waals surface area (Å²) in [4.78, 5) is 2.17. The largest absolute Gasteiger partial charge is 0.391 e. The van der Waals surface area contributed by atoms with Crippen molar-refractivity contribution in [2.75, 3.05) is 27.8 Å². The molecule has 1 N–H and O–H groups in total. The Labute approximate surface area is 101 Å². The fourth-order valence-electron chi connectivity index (χ4n) is 2.56. The number of hydrogen-bond acceptors (Lipinski definition) is 3. The fourth-order valence-corrected chi connectivity index (χ4v) is 2.56. The van der Waals surface area contributed by atoms with Gasteiger partial charge in [-0.2, -0.15) is 0 Å². The molecule has 16 heavy (non-hydrogen) atoms. The predicted molar refractivity (Wildman–Crippen MR) is 68.7 cm³/mol. The molecule has 0 aliphatic carbocycles. The zero-order chi connectivity index (χ0) is 12.8. The minimum Gasteiger partial charge on any atom is -0.391 e. The summed E-state index contributed by atoms with van der Waals surface area (Å²) in [6.07, 6.45) is 2.55. The predicted octanol–water partition coefficient (Wildman–Crippen LogP) is 2.14. The lowest BCUT2D eigenvalue weighted by Crippen LogP contribution is -2.55. The summed E-state index contributed by atoms with van der Waals surface area (Å²) >= 11 is 0. The van der Waals surface area contributed by atoms with Crippen molar-refractivity contribution in [3.63, 3.8) is 0 Å². The first kappa shape index (κ1) is 15.9. The SMILES string of the molecule is CCC(CC)(C(O)C(C)CCOC)N(C)C. The lowest BCUT2D eigenvalue weighted by Gasteiger charge is -2.45. The Balaban J connectivity index is 4.65. The molecule has 0 aromatic rings. The van der Waals surface area contributed by atoms with E-state index in [0.29, 0.717) is 0 Å². The first-order valence-electron chi connectivity index (χ1n) is 6.30. The highest BCUT2D eigenvalue weighted by Gasteiger charge is 2.39. The first-order valence-corrected chi connectivity index (χ1v) is 6.30. The number of rotatable bonds is 8. The average Bonchev–Trinajstić information content (AvgIpc) is 2.27. The van der Waals surface area contributed by atoms with Gasteiger partial charge in [-0.1, -0.05) is 20.8 Å². The molecule has 0 aromatic heterocycles. The molecule has 0 amide bonds. The van der Waals surface area contributed by atoms with Gasteiger partial charge in [0.05, 0.1) is 6.10 Å². The van der Waals surface area contributed by atoms with Crippen LogP contribution in [0.5, 0.6) is 0 Å². The molecule has 0 spiro atoms. The highest BCUT2D eigenvalue weighted by Crippen LogP contribution is 2.31. The maximum Gasteiger partial charge on any atom is 0.0749 e. The Bertz CT molecular complexity index is 179. The zero-order valence-electron chi connectivity index (χ0n) is 11.8. The number of ether oxygens (including phenoxy) is 1. The maximum atomic E-state index is 10.5. The summed E-state index contributed by atoms with van der Waals surface area (Å²) in [6, 6.07) is 0. The van der Waals surface area contributed by atoms with Crippen LogP contribution in [0.25, 0.3) is 0 Å². The summed E-state index contributed by atoms with van der Waals surface area (Å²) in [6.45, 7) is 7.12. The molecule has 0 rings (SSSR count). The molecule has 0 fully saturated rings. The second-order valence-electron chi connectivity index (χ2n) is 4.91. The van der Waals surface area contributed by atoms with Gasteiger partial charge in [0, 0.05) is 19.3 Å². The average molecular weight is 231 g/mol. The lowest BCUT2D eigenvalue weighted by atomic mass is 9.78. The molecule has 0 aliphatic heterocycles. The van der Waals surface area contributed by atoms with Crippen LogP contribution in [0.4, 0.5) is 0 Å². The molecule has 2 unspecified atom stereocenters. The maximum absolute atomic E-state index is 10.5. The first-order chi connectivity index (χ1) is 7.46. The molecule has 0 aromatic carbocycles. The van der Waals surface area contributed by atoms with E-state index in [2.05, 4.69) is 39.8 Å². The van der Waals surface area contributed by atoms with Gasteiger partial charge < -0.3 is 14.7 Å². The summed E-state index contributed by atoms with van der Waals surface area (Å²) in [5.41, 5.74) is -0.104. The molecule has 0 bridgehead atoms. The number of aliphatic hydroxyl groups excluding tert-OH is 1. The van der Waals surface area contributed by atoms with Gasteiger partial charge >= 0.3 is 0 Å². The molecule has 0 heterocycles. The topological polar surface area (TPSA) is 32.7 Å². The Morgan fingerprint density at radius 2 is 1.75 bits per heavy atom. The molecule has 98 valence electrons. The van der Waals surface area contributed by atoms with Crippen LogP contribution in [-0.2, 0) is 4.74 Å². The minimum atomic E-state index is -0.298. The van der Waals surface area contributed by atoms with Gasteiger partial charge in [0.2, 0.25) is 0 Å². The molecule has 3 nitrogen and oxygen atoms in total. The van der Waals surface area contributed by atoms with Gasteiger partial charge in [-0.3, -0.25) is 0 Å². The van der Waals surface area contributed by atoms with Gasteiger partial charge in [-0.15, -0.1) is 0 Å². The molecule has 0 saturated heterocycles. The summed E-state index contributed by atoms with van der Waals surface area (Å²) in [7, 11) is 5.82. The van der Waals surface area contributed by atoms with Crippen LogP contribution in [0, 0.1) is 5.92 Å². The molecule has 3 heteroatoms. The van der Waals surface area contributed by atoms with Crippen LogP contribution in [0.1, 0.15) is 40.0 Å². The van der Waals surface area contributed by atoms with Crippen LogP contribution >= 0.6 is 0 Å². The second kappa shape index (κ2) is 7.25. The van der Waals surface area contributed by atoms with E-state index in [0.717, 1.165) is 25.9 Å². The van der Waals surface area contributed by atoms with E-state index in [1.807, 2.05) is 0 Å². The van der Waals surface area contributed by atoms with Crippen molar-refractivity contribution in [2.24, 2.45) is 5.92 Å². The molecule has 0 saturated carbocycles. The van der Waals surface area contributed by atoms with Crippen molar-refractivity contribution in [2.45, 2.75) is 51.7 Å². The number of likely N-dealkylation sites (N-methyl/N-ethyl adjacent to an activating group) is 1. The van der Waals surface area contributed by atoms with Crippen molar-refractivity contribution >= 4 is 0 Å². The van der Waals surface area contributed by atoms with E-state index in [4.69, 9.17) is 4.74 Å². The number of nitrogens with zero attached hydrogens (tertiary/aromatic N) is 1. The Kier molecular flexibility index (Phi) is 7.20. The number of aliphatic hydroxyl groups is 1. The quantitative estimate of drug-likeness (QED) is 0.695. The normalized spacial score (nSPS) is 16.5. The third-order valence-electron chi connectivity index (χ3n) is 3.98. The third-order valence-corrected chi connectivity index (χ3v) is 3.98. The molecular weight excluding hydrogens is 202 g/mol. The standard InChI is InChI=1S/C13H29NO2/c1-7-13(8-2,14(4)5)12(15)11(3)9-10-16-6/h11-12,15H,7-10H2,1-6H3. The molecule has 0 aliphatic rings. The van der Waals surface area contributed by atoms with E-state index in [1.54, 1.807) is 7.11 Å². The molecule has 2 atom stereocenters. The lowest BCUT2D eigenvalue weighted by molar-refractivity contribution is -0.0485. The van der Waals surface area contributed by atoms with Gasteiger partial charge in [0.15, 0.2) is 0 Å². The zero-order valence-corrected chi connectivity index (χ0v) is 11.8. The monoisotopic (exact) mass is 231 g/mol. The van der Waals surface area contributed by atoms with Crippen LogP contribution in [0.15, 0.2) is 0 Å². The number of methoxy groups -OCH3 is 1. The van der Waals surface area contributed by atoms with Gasteiger partial charge in [0.1, 0.15) is 0 Å². The Hall–Kier alpha value is -0.120.